The van der Waals surface area contributed by atoms with Crippen LogP contribution in [0.4, 0.5) is 29.1 Å². The van der Waals surface area contributed by atoms with Crippen molar-refractivity contribution in [3.63, 3.8) is 0 Å². The average molecular weight is 457 g/mol. The third-order valence-corrected chi connectivity index (χ3v) is 6.36. The minimum atomic E-state index is 0.531. The Kier molecular flexibility index (Phi) is 6.04. The fourth-order valence-corrected chi connectivity index (χ4v) is 4.36. The van der Waals surface area contributed by atoms with Crippen LogP contribution in [-0.2, 0) is 6.42 Å². The first kappa shape index (κ1) is 22.1. The van der Waals surface area contributed by atoms with E-state index in [0.29, 0.717) is 23.7 Å². The lowest BCUT2D eigenvalue weighted by molar-refractivity contribution is 0.494. The number of fused-ring (bicyclic) bond motifs is 1. The molecular weight excluding hydrogens is 424 g/mol. The highest BCUT2D eigenvalue weighted by Gasteiger charge is 2.27. The predicted molar refractivity (Wildman–Crippen MR) is 137 cm³/mol. The summed E-state index contributed by atoms with van der Waals surface area (Å²) < 4.78 is 1.98. The smallest absolute Gasteiger partial charge is 0.232 e. The van der Waals surface area contributed by atoms with E-state index < -0.39 is 0 Å². The van der Waals surface area contributed by atoms with Crippen LogP contribution in [0.2, 0.25) is 0 Å². The largest absolute Gasteiger partial charge is 0.356 e. The molecule has 0 bridgehead atoms. The van der Waals surface area contributed by atoms with Crippen molar-refractivity contribution < 1.29 is 0 Å². The van der Waals surface area contributed by atoms with Gasteiger partial charge in [0.1, 0.15) is 23.1 Å². The lowest BCUT2D eigenvalue weighted by Crippen LogP contribution is -2.21. The number of nitrogens with zero attached hydrogens (tertiary/aromatic N) is 6. The van der Waals surface area contributed by atoms with Gasteiger partial charge in [-0.05, 0) is 42.4 Å². The molecule has 2 atom stereocenters. The minimum absolute atomic E-state index is 0.531. The highest BCUT2D eigenvalue weighted by molar-refractivity contribution is 5.65. The van der Waals surface area contributed by atoms with E-state index in [4.69, 9.17) is 15.0 Å². The molecule has 1 fully saturated rings. The zero-order chi connectivity index (χ0) is 23.7. The summed E-state index contributed by atoms with van der Waals surface area (Å²) in [6.45, 7) is 11.0. The Hall–Kier alpha value is -3.68. The van der Waals surface area contributed by atoms with Crippen LogP contribution in [0.3, 0.4) is 0 Å². The second-order valence-corrected chi connectivity index (χ2v) is 9.76. The molecule has 176 valence electrons. The normalized spacial score (nSPS) is 18.1. The Morgan fingerprint density at radius 1 is 0.941 bits per heavy atom. The molecule has 5 heterocycles. The molecule has 0 radical (unpaired) electrons. The molecule has 2 N–H and O–H groups in total. The molecule has 1 aliphatic heterocycles. The fourth-order valence-electron chi connectivity index (χ4n) is 4.36. The summed E-state index contributed by atoms with van der Waals surface area (Å²) in [5.41, 5.74) is 2.87. The molecule has 0 amide bonds. The maximum atomic E-state index is 4.86. The number of rotatable bonds is 7. The second-order valence-electron chi connectivity index (χ2n) is 9.76. The monoisotopic (exact) mass is 456 g/mol. The standard InChI is InChI=1S/C26H32N8/c1-17(2)12-20-6-5-7-22(28-20)30-26-31-23(14-25(32-26)34-15-18(3)19(4)16-34)29-21-8-10-33-11-9-27-24(33)13-21/h5-11,13-14,17-19H,12,15-16H2,1-4H3,(H2,28,29,30,31,32)/t18-,19-/m1/s1. The van der Waals surface area contributed by atoms with Gasteiger partial charge in [0.25, 0.3) is 0 Å². The van der Waals surface area contributed by atoms with E-state index in [1.807, 2.05) is 47.1 Å². The lowest BCUT2D eigenvalue weighted by atomic mass is 10.0. The van der Waals surface area contributed by atoms with E-state index in [1.54, 1.807) is 6.20 Å². The summed E-state index contributed by atoms with van der Waals surface area (Å²) >= 11 is 0. The molecular formula is C26H32N8. The number of aromatic nitrogens is 5. The predicted octanol–water partition coefficient (Wildman–Crippen LogP) is 5.30. The van der Waals surface area contributed by atoms with Crippen molar-refractivity contribution in [1.29, 1.82) is 0 Å². The maximum absolute atomic E-state index is 4.86. The van der Waals surface area contributed by atoms with Gasteiger partial charge >= 0.3 is 0 Å². The molecule has 0 spiro atoms. The molecule has 0 saturated carbocycles. The number of hydrogen-bond donors (Lipinski definition) is 2. The van der Waals surface area contributed by atoms with Crippen LogP contribution in [0.25, 0.3) is 5.65 Å². The SMILES string of the molecule is CC(C)Cc1cccc(Nc2nc(Nc3ccn4ccnc4c3)cc(N3C[C@@H](C)[C@H](C)C3)n2)n1. The van der Waals surface area contributed by atoms with Crippen molar-refractivity contribution in [2.45, 2.75) is 34.1 Å². The van der Waals surface area contributed by atoms with Gasteiger partial charge in [0, 0.05) is 55.2 Å². The average Bonchev–Trinajstić information content (AvgIpc) is 3.39. The van der Waals surface area contributed by atoms with E-state index in [-0.39, 0.29) is 0 Å². The zero-order valence-electron chi connectivity index (χ0n) is 20.2. The Morgan fingerprint density at radius 3 is 2.56 bits per heavy atom. The van der Waals surface area contributed by atoms with Gasteiger partial charge in [-0.25, -0.2) is 9.97 Å². The molecule has 4 aromatic rings. The molecule has 8 nitrogen and oxygen atoms in total. The summed E-state index contributed by atoms with van der Waals surface area (Å²) in [5, 5.41) is 6.78. The first-order valence-corrected chi connectivity index (χ1v) is 12.0. The Morgan fingerprint density at radius 2 is 1.76 bits per heavy atom. The first-order valence-electron chi connectivity index (χ1n) is 12.0. The topological polar surface area (TPSA) is 83.3 Å². The van der Waals surface area contributed by atoms with Crippen molar-refractivity contribution in [2.75, 3.05) is 28.6 Å². The third-order valence-electron chi connectivity index (χ3n) is 6.36. The Balaban J connectivity index is 1.45. The van der Waals surface area contributed by atoms with Crippen LogP contribution in [0.15, 0.2) is 55.0 Å². The Bertz CT molecular complexity index is 1270. The van der Waals surface area contributed by atoms with Crippen LogP contribution in [-0.4, -0.2) is 37.4 Å². The molecule has 0 unspecified atom stereocenters. The van der Waals surface area contributed by atoms with Gasteiger partial charge < -0.3 is 19.9 Å². The van der Waals surface area contributed by atoms with Crippen LogP contribution in [0.5, 0.6) is 0 Å². The number of pyridine rings is 2. The van der Waals surface area contributed by atoms with Crippen molar-refractivity contribution in [3.05, 3.63) is 60.7 Å². The van der Waals surface area contributed by atoms with Gasteiger partial charge in [-0.3, -0.25) is 0 Å². The zero-order valence-corrected chi connectivity index (χ0v) is 20.2. The molecule has 34 heavy (non-hydrogen) atoms. The minimum Gasteiger partial charge on any atom is -0.356 e. The summed E-state index contributed by atoms with van der Waals surface area (Å²) in [5.74, 6) is 4.72. The quantitative estimate of drug-likeness (QED) is 0.390. The molecule has 1 aliphatic rings. The number of imidazole rings is 1. The van der Waals surface area contributed by atoms with Gasteiger partial charge in [-0.1, -0.05) is 33.8 Å². The highest BCUT2D eigenvalue weighted by Crippen LogP contribution is 2.30. The van der Waals surface area contributed by atoms with Gasteiger partial charge in [0.15, 0.2) is 0 Å². The van der Waals surface area contributed by atoms with E-state index >= 15 is 0 Å². The summed E-state index contributed by atoms with van der Waals surface area (Å²) in [6, 6.07) is 12.1. The second kappa shape index (κ2) is 9.29. The molecule has 0 aliphatic carbocycles. The van der Waals surface area contributed by atoms with Crippen molar-refractivity contribution in [2.24, 2.45) is 17.8 Å². The maximum Gasteiger partial charge on any atom is 0.232 e. The van der Waals surface area contributed by atoms with Crippen molar-refractivity contribution in [1.82, 2.24) is 24.3 Å². The van der Waals surface area contributed by atoms with Crippen LogP contribution < -0.4 is 15.5 Å². The van der Waals surface area contributed by atoms with E-state index in [1.165, 1.54) is 0 Å². The lowest BCUT2D eigenvalue weighted by Gasteiger charge is -2.19. The Labute approximate surface area is 200 Å². The van der Waals surface area contributed by atoms with Crippen LogP contribution >= 0.6 is 0 Å². The highest BCUT2D eigenvalue weighted by atomic mass is 15.3. The summed E-state index contributed by atoms with van der Waals surface area (Å²) in [4.78, 5) is 21.1. The first-order chi connectivity index (χ1) is 16.4. The van der Waals surface area contributed by atoms with Gasteiger partial charge in [-0.2, -0.15) is 9.97 Å². The van der Waals surface area contributed by atoms with Crippen LogP contribution in [0.1, 0.15) is 33.4 Å². The molecule has 0 aromatic carbocycles. The molecule has 1 saturated heterocycles. The van der Waals surface area contributed by atoms with E-state index in [9.17, 15) is 0 Å². The van der Waals surface area contributed by atoms with E-state index in [2.05, 4.69) is 54.3 Å². The van der Waals surface area contributed by atoms with Crippen molar-refractivity contribution >= 4 is 34.7 Å². The summed E-state index contributed by atoms with van der Waals surface area (Å²) in [6.07, 6.45) is 6.64. The van der Waals surface area contributed by atoms with Gasteiger partial charge in [0.05, 0.1) is 0 Å². The molecule has 5 rings (SSSR count). The van der Waals surface area contributed by atoms with Gasteiger partial charge in [0.2, 0.25) is 5.95 Å². The molecule has 8 heteroatoms. The number of nitrogens with one attached hydrogen (secondary N) is 2. The van der Waals surface area contributed by atoms with Crippen LogP contribution in [0, 0.1) is 17.8 Å². The van der Waals surface area contributed by atoms with Crippen molar-refractivity contribution in [3.8, 4) is 0 Å². The third kappa shape index (κ3) is 4.95. The fraction of sp³-hybridized carbons (Fsp3) is 0.385. The van der Waals surface area contributed by atoms with Gasteiger partial charge in [-0.15, -0.1) is 0 Å². The summed E-state index contributed by atoms with van der Waals surface area (Å²) in [7, 11) is 0. The van der Waals surface area contributed by atoms with E-state index in [0.717, 1.165) is 54.0 Å². The number of anilines is 5. The number of hydrogen-bond acceptors (Lipinski definition) is 7. The molecule has 4 aromatic heterocycles.